The lowest BCUT2D eigenvalue weighted by Gasteiger charge is -2.28. The summed E-state index contributed by atoms with van der Waals surface area (Å²) in [5, 5.41) is 11.6. The summed E-state index contributed by atoms with van der Waals surface area (Å²) < 4.78 is 12.9. The summed E-state index contributed by atoms with van der Waals surface area (Å²) in [4.78, 5) is 6.33. The van der Waals surface area contributed by atoms with E-state index in [-0.39, 0.29) is 6.61 Å². The Bertz CT molecular complexity index is 297. The van der Waals surface area contributed by atoms with Crippen molar-refractivity contribution >= 4 is 16.5 Å². The van der Waals surface area contributed by atoms with E-state index in [0.29, 0.717) is 18.5 Å². The number of alkyl halides is 1. The second kappa shape index (κ2) is 4.23. The van der Waals surface area contributed by atoms with Crippen molar-refractivity contribution in [3.8, 4) is 0 Å². The van der Waals surface area contributed by atoms with Crippen molar-refractivity contribution in [2.45, 2.75) is 25.6 Å². The van der Waals surface area contributed by atoms with Gasteiger partial charge in [0.25, 0.3) is 0 Å². The molecule has 0 unspecified atom stereocenters. The average molecular weight is 216 g/mol. The van der Waals surface area contributed by atoms with Crippen LogP contribution >= 0.6 is 11.3 Å². The van der Waals surface area contributed by atoms with Gasteiger partial charge in [-0.3, -0.25) is 0 Å². The minimum absolute atomic E-state index is 0.0178. The van der Waals surface area contributed by atoms with Gasteiger partial charge in [-0.05, 0) is 12.8 Å². The van der Waals surface area contributed by atoms with Gasteiger partial charge in [-0.2, -0.15) is 0 Å². The van der Waals surface area contributed by atoms with E-state index in [0.717, 1.165) is 18.2 Å². The molecule has 2 rings (SSSR count). The lowest BCUT2D eigenvalue weighted by molar-refractivity contribution is 0.274. The zero-order chi connectivity index (χ0) is 9.97. The van der Waals surface area contributed by atoms with Gasteiger partial charge in [0, 0.05) is 18.5 Å². The molecule has 1 aliphatic rings. The van der Waals surface area contributed by atoms with Crippen molar-refractivity contribution < 1.29 is 9.50 Å². The van der Waals surface area contributed by atoms with Crippen LogP contribution in [-0.2, 0) is 6.61 Å². The molecule has 1 aromatic heterocycles. The van der Waals surface area contributed by atoms with Gasteiger partial charge in [0.2, 0.25) is 0 Å². The highest BCUT2D eigenvalue weighted by molar-refractivity contribution is 7.13. The lowest BCUT2D eigenvalue weighted by atomic mass is 10.1. The molecule has 5 heteroatoms. The molecule has 3 nitrogen and oxygen atoms in total. The second-order valence-corrected chi connectivity index (χ2v) is 4.28. The van der Waals surface area contributed by atoms with Crippen molar-refractivity contribution in [3.63, 3.8) is 0 Å². The van der Waals surface area contributed by atoms with Crippen LogP contribution in [0.1, 0.15) is 18.5 Å². The Labute approximate surface area is 86.2 Å². The number of hydrogen-bond donors (Lipinski definition) is 1. The molecule has 1 N–H and O–H groups in total. The third-order valence-electron chi connectivity index (χ3n) is 2.40. The third-order valence-corrected chi connectivity index (χ3v) is 3.35. The zero-order valence-corrected chi connectivity index (χ0v) is 8.63. The molecule has 0 aromatic carbocycles. The Balaban J connectivity index is 2.01. The summed E-state index contributed by atoms with van der Waals surface area (Å²) in [7, 11) is 0. The maximum absolute atomic E-state index is 12.9. The van der Waals surface area contributed by atoms with Crippen LogP contribution < -0.4 is 4.90 Å². The number of aromatic nitrogens is 1. The van der Waals surface area contributed by atoms with Crippen LogP contribution in [0.3, 0.4) is 0 Å². The number of thiazole rings is 1. The van der Waals surface area contributed by atoms with Crippen molar-refractivity contribution in [2.24, 2.45) is 0 Å². The first kappa shape index (κ1) is 9.86. The van der Waals surface area contributed by atoms with Crippen LogP contribution in [0.4, 0.5) is 9.52 Å². The Hall–Kier alpha value is -0.680. The molecule has 1 aromatic rings. The monoisotopic (exact) mass is 216 g/mol. The predicted octanol–water partition coefficient (Wildman–Crippen LogP) is 1.57. The van der Waals surface area contributed by atoms with Crippen LogP contribution in [0.15, 0.2) is 5.38 Å². The first-order valence-electron chi connectivity index (χ1n) is 4.74. The van der Waals surface area contributed by atoms with Crippen LogP contribution in [0.25, 0.3) is 0 Å². The molecule has 0 amide bonds. The number of hydrogen-bond acceptors (Lipinski definition) is 4. The smallest absolute Gasteiger partial charge is 0.185 e. The minimum atomic E-state index is -0.650. The number of rotatable bonds is 2. The highest BCUT2D eigenvalue weighted by Gasteiger charge is 2.20. The third kappa shape index (κ3) is 2.04. The van der Waals surface area contributed by atoms with Gasteiger partial charge in [-0.25, -0.2) is 9.37 Å². The minimum Gasteiger partial charge on any atom is -0.390 e. The molecule has 0 atom stereocenters. The van der Waals surface area contributed by atoms with E-state index in [1.807, 2.05) is 5.38 Å². The molecule has 0 saturated carbocycles. The zero-order valence-electron chi connectivity index (χ0n) is 7.82. The standard InChI is InChI=1S/C9H13FN2OS/c10-7-1-3-12(4-2-7)9-11-8(5-13)6-14-9/h6-7,13H,1-5H2. The number of anilines is 1. The van der Waals surface area contributed by atoms with Crippen molar-refractivity contribution in [2.75, 3.05) is 18.0 Å². The van der Waals surface area contributed by atoms with Crippen molar-refractivity contribution in [3.05, 3.63) is 11.1 Å². The van der Waals surface area contributed by atoms with E-state index in [2.05, 4.69) is 9.88 Å². The highest BCUT2D eigenvalue weighted by Crippen LogP contribution is 2.24. The van der Waals surface area contributed by atoms with Gasteiger partial charge in [0.15, 0.2) is 5.13 Å². The van der Waals surface area contributed by atoms with Gasteiger partial charge < -0.3 is 10.0 Å². The average Bonchev–Trinajstić information content (AvgIpc) is 2.67. The fourth-order valence-corrected chi connectivity index (χ4v) is 2.42. The van der Waals surface area contributed by atoms with Gasteiger partial charge in [0.1, 0.15) is 6.17 Å². The van der Waals surface area contributed by atoms with E-state index in [1.54, 1.807) is 0 Å². The first-order valence-corrected chi connectivity index (χ1v) is 5.62. The fourth-order valence-electron chi connectivity index (χ4n) is 1.55. The van der Waals surface area contributed by atoms with E-state index in [9.17, 15) is 4.39 Å². The summed E-state index contributed by atoms with van der Waals surface area (Å²) in [6, 6.07) is 0. The fraction of sp³-hybridized carbons (Fsp3) is 0.667. The van der Waals surface area contributed by atoms with Crippen LogP contribution in [0, 0.1) is 0 Å². The van der Waals surface area contributed by atoms with E-state index in [4.69, 9.17) is 5.11 Å². The highest BCUT2D eigenvalue weighted by atomic mass is 32.1. The number of aliphatic hydroxyl groups is 1. The lowest BCUT2D eigenvalue weighted by Crippen LogP contribution is -2.34. The van der Waals surface area contributed by atoms with E-state index >= 15 is 0 Å². The van der Waals surface area contributed by atoms with Gasteiger partial charge in [-0.1, -0.05) is 0 Å². The molecule has 14 heavy (non-hydrogen) atoms. The molecule has 78 valence electrons. The van der Waals surface area contributed by atoms with Crippen molar-refractivity contribution in [1.29, 1.82) is 0 Å². The predicted molar refractivity (Wildman–Crippen MR) is 54.4 cm³/mol. The summed E-state index contributed by atoms with van der Waals surface area (Å²) in [6.45, 7) is 1.45. The Morgan fingerprint density at radius 3 is 2.86 bits per heavy atom. The number of nitrogens with zero attached hydrogens (tertiary/aromatic N) is 2. The Morgan fingerprint density at radius 1 is 1.57 bits per heavy atom. The molecule has 1 aliphatic heterocycles. The molecule has 0 spiro atoms. The van der Waals surface area contributed by atoms with Crippen molar-refractivity contribution in [1.82, 2.24) is 4.98 Å². The Morgan fingerprint density at radius 2 is 2.29 bits per heavy atom. The number of piperidine rings is 1. The van der Waals surface area contributed by atoms with Crippen LogP contribution in [0.5, 0.6) is 0 Å². The number of halogens is 1. The number of aliphatic hydroxyl groups excluding tert-OH is 1. The summed E-state index contributed by atoms with van der Waals surface area (Å²) >= 11 is 1.51. The molecule has 1 saturated heterocycles. The molecule has 0 radical (unpaired) electrons. The van der Waals surface area contributed by atoms with Gasteiger partial charge in [0.05, 0.1) is 12.3 Å². The molecule has 0 aliphatic carbocycles. The maximum Gasteiger partial charge on any atom is 0.185 e. The van der Waals surface area contributed by atoms with Crippen LogP contribution in [-0.4, -0.2) is 29.4 Å². The van der Waals surface area contributed by atoms with Gasteiger partial charge >= 0.3 is 0 Å². The Kier molecular flexibility index (Phi) is 2.98. The molecular formula is C9H13FN2OS. The quantitative estimate of drug-likeness (QED) is 0.815. The first-order chi connectivity index (χ1) is 6.79. The second-order valence-electron chi connectivity index (χ2n) is 3.44. The normalized spacial score (nSPS) is 18.9. The largest absolute Gasteiger partial charge is 0.390 e. The van der Waals surface area contributed by atoms with E-state index in [1.165, 1.54) is 11.3 Å². The maximum atomic E-state index is 12.9. The molecule has 2 heterocycles. The van der Waals surface area contributed by atoms with Crippen LogP contribution in [0.2, 0.25) is 0 Å². The molecule has 1 fully saturated rings. The van der Waals surface area contributed by atoms with Gasteiger partial charge in [-0.15, -0.1) is 11.3 Å². The summed E-state index contributed by atoms with van der Waals surface area (Å²) in [5.74, 6) is 0. The SMILES string of the molecule is OCc1csc(N2CCC(F)CC2)n1. The molecule has 0 bridgehead atoms. The summed E-state index contributed by atoms with van der Waals surface area (Å²) in [5.41, 5.74) is 0.701. The topological polar surface area (TPSA) is 36.4 Å². The molecular weight excluding hydrogens is 203 g/mol. The summed E-state index contributed by atoms with van der Waals surface area (Å²) in [6.07, 6.45) is 0.533. The van der Waals surface area contributed by atoms with E-state index < -0.39 is 6.17 Å².